The lowest BCUT2D eigenvalue weighted by atomic mass is 9.96. The van der Waals surface area contributed by atoms with Crippen molar-refractivity contribution >= 4 is 11.9 Å². The van der Waals surface area contributed by atoms with Crippen LogP contribution in [-0.2, 0) is 0 Å². The van der Waals surface area contributed by atoms with Gasteiger partial charge in [-0.1, -0.05) is 19.1 Å². The Morgan fingerprint density at radius 2 is 1.75 bits per heavy atom. The molecule has 0 radical (unpaired) electrons. The highest BCUT2D eigenvalue weighted by Crippen LogP contribution is 2.38. The fourth-order valence-electron chi connectivity index (χ4n) is 2.64. The number of carbonyl (C=O) groups excluding carboxylic acids is 1. The summed E-state index contributed by atoms with van der Waals surface area (Å²) in [6.45, 7) is 6.38. The van der Waals surface area contributed by atoms with E-state index in [-0.39, 0.29) is 11.5 Å². The number of hydrogen-bond donors (Lipinski definition) is 1. The van der Waals surface area contributed by atoms with Crippen molar-refractivity contribution in [2.75, 3.05) is 13.6 Å². The van der Waals surface area contributed by atoms with Crippen LogP contribution >= 0.6 is 0 Å². The number of carboxylic acids is 1. The number of aryl methyl sites for hydroxylation is 2. The number of rotatable bonds is 4. The first-order chi connectivity index (χ1) is 9.32. The molecule has 1 N–H and O–H groups in total. The van der Waals surface area contributed by atoms with Crippen molar-refractivity contribution in [1.82, 2.24) is 4.90 Å². The SMILES string of the molecule is Cc1ccc(C)c(C(=O)N(C)CC2CC2C)c1C(=O)O. The maximum absolute atomic E-state index is 12.6. The van der Waals surface area contributed by atoms with Gasteiger partial charge < -0.3 is 10.0 Å². The molecular formula is C16H21NO3. The van der Waals surface area contributed by atoms with Gasteiger partial charge in [0.05, 0.1) is 11.1 Å². The molecule has 0 bridgehead atoms. The monoisotopic (exact) mass is 275 g/mol. The Bertz CT molecular complexity index is 565. The van der Waals surface area contributed by atoms with Crippen LogP contribution in [0.5, 0.6) is 0 Å². The summed E-state index contributed by atoms with van der Waals surface area (Å²) in [5, 5.41) is 9.37. The second kappa shape index (κ2) is 5.27. The van der Waals surface area contributed by atoms with Crippen LogP contribution in [0.3, 0.4) is 0 Å². The van der Waals surface area contributed by atoms with Gasteiger partial charge in [0, 0.05) is 13.6 Å². The molecule has 108 valence electrons. The van der Waals surface area contributed by atoms with Crippen molar-refractivity contribution in [2.24, 2.45) is 11.8 Å². The zero-order valence-electron chi connectivity index (χ0n) is 12.4. The minimum atomic E-state index is -1.04. The largest absolute Gasteiger partial charge is 0.478 e. The summed E-state index contributed by atoms with van der Waals surface area (Å²) >= 11 is 0. The van der Waals surface area contributed by atoms with Crippen molar-refractivity contribution in [1.29, 1.82) is 0 Å². The van der Waals surface area contributed by atoms with E-state index in [1.807, 2.05) is 6.07 Å². The van der Waals surface area contributed by atoms with Crippen LogP contribution in [0.2, 0.25) is 0 Å². The summed E-state index contributed by atoms with van der Waals surface area (Å²) in [4.78, 5) is 25.7. The third-order valence-electron chi connectivity index (χ3n) is 4.18. The van der Waals surface area contributed by atoms with E-state index in [1.165, 1.54) is 0 Å². The summed E-state index contributed by atoms with van der Waals surface area (Å²) in [6, 6.07) is 3.56. The van der Waals surface area contributed by atoms with E-state index >= 15 is 0 Å². The molecule has 4 nitrogen and oxygen atoms in total. The van der Waals surface area contributed by atoms with Crippen LogP contribution in [0.25, 0.3) is 0 Å². The second-order valence-corrected chi connectivity index (χ2v) is 5.91. The van der Waals surface area contributed by atoms with Crippen molar-refractivity contribution in [2.45, 2.75) is 27.2 Å². The Hall–Kier alpha value is -1.84. The lowest BCUT2D eigenvalue weighted by Gasteiger charge is -2.20. The molecule has 0 saturated heterocycles. The fraction of sp³-hybridized carbons (Fsp3) is 0.500. The van der Waals surface area contributed by atoms with Gasteiger partial charge in [0.2, 0.25) is 0 Å². The molecule has 1 saturated carbocycles. The Kier molecular flexibility index (Phi) is 3.84. The van der Waals surface area contributed by atoms with Crippen LogP contribution in [-0.4, -0.2) is 35.5 Å². The van der Waals surface area contributed by atoms with Crippen LogP contribution < -0.4 is 0 Å². The molecule has 0 aromatic heterocycles. The highest BCUT2D eigenvalue weighted by atomic mass is 16.4. The standard InChI is InChI=1S/C16H21NO3/c1-9-5-6-10(2)14(16(19)20)13(9)15(18)17(4)8-12-7-11(12)3/h5-6,11-12H,7-8H2,1-4H3,(H,19,20). The Balaban J connectivity index is 2.33. The maximum atomic E-state index is 12.6. The molecule has 20 heavy (non-hydrogen) atoms. The van der Waals surface area contributed by atoms with E-state index in [2.05, 4.69) is 6.92 Å². The number of hydrogen-bond acceptors (Lipinski definition) is 2. The molecular weight excluding hydrogens is 254 g/mol. The second-order valence-electron chi connectivity index (χ2n) is 5.91. The van der Waals surface area contributed by atoms with Gasteiger partial charge in [0.25, 0.3) is 5.91 Å². The lowest BCUT2D eigenvalue weighted by molar-refractivity contribution is 0.0679. The van der Waals surface area contributed by atoms with Gasteiger partial charge in [0.15, 0.2) is 0 Å². The molecule has 1 aliphatic rings. The first kappa shape index (κ1) is 14.6. The van der Waals surface area contributed by atoms with Gasteiger partial charge >= 0.3 is 5.97 Å². The maximum Gasteiger partial charge on any atom is 0.336 e. The lowest BCUT2D eigenvalue weighted by Crippen LogP contribution is -2.31. The summed E-state index contributed by atoms with van der Waals surface area (Å²) in [6.07, 6.45) is 1.15. The summed E-state index contributed by atoms with van der Waals surface area (Å²) in [5.41, 5.74) is 1.80. The van der Waals surface area contributed by atoms with Crippen LogP contribution in [0.4, 0.5) is 0 Å². The van der Waals surface area contributed by atoms with Crippen molar-refractivity contribution in [3.8, 4) is 0 Å². The van der Waals surface area contributed by atoms with Crippen molar-refractivity contribution in [3.05, 3.63) is 34.4 Å². The van der Waals surface area contributed by atoms with E-state index < -0.39 is 5.97 Å². The van der Waals surface area contributed by atoms with Crippen LogP contribution in [0, 0.1) is 25.7 Å². The molecule has 2 unspecified atom stereocenters. The molecule has 1 aromatic carbocycles. The number of benzene rings is 1. The summed E-state index contributed by atoms with van der Waals surface area (Å²) in [5.74, 6) is -0.00409. The van der Waals surface area contributed by atoms with Crippen LogP contribution in [0.1, 0.15) is 45.2 Å². The van der Waals surface area contributed by atoms with Gasteiger partial charge in [-0.15, -0.1) is 0 Å². The Morgan fingerprint density at radius 3 is 2.20 bits per heavy atom. The van der Waals surface area contributed by atoms with Gasteiger partial charge in [0.1, 0.15) is 0 Å². The van der Waals surface area contributed by atoms with E-state index in [0.29, 0.717) is 35.1 Å². The zero-order chi connectivity index (χ0) is 15.0. The normalized spacial score (nSPS) is 20.6. The molecule has 4 heteroatoms. The number of aromatic carboxylic acids is 1. The van der Waals surface area contributed by atoms with Crippen molar-refractivity contribution < 1.29 is 14.7 Å². The average Bonchev–Trinajstić information content (AvgIpc) is 3.06. The Morgan fingerprint density at radius 1 is 1.25 bits per heavy atom. The number of nitrogens with zero attached hydrogens (tertiary/aromatic N) is 1. The van der Waals surface area contributed by atoms with E-state index in [0.717, 1.165) is 6.42 Å². The van der Waals surface area contributed by atoms with E-state index in [1.54, 1.807) is 31.9 Å². The molecule has 1 aliphatic carbocycles. The van der Waals surface area contributed by atoms with Gasteiger partial charge in [-0.2, -0.15) is 0 Å². The summed E-state index contributed by atoms with van der Waals surface area (Å²) in [7, 11) is 1.75. The number of carboxylic acid groups (broad SMARTS) is 1. The molecule has 1 fully saturated rings. The number of amides is 1. The van der Waals surface area contributed by atoms with Crippen molar-refractivity contribution in [3.63, 3.8) is 0 Å². The first-order valence-corrected chi connectivity index (χ1v) is 6.92. The fourth-order valence-corrected chi connectivity index (χ4v) is 2.64. The highest BCUT2D eigenvalue weighted by Gasteiger charge is 2.35. The third-order valence-corrected chi connectivity index (χ3v) is 4.18. The molecule has 2 atom stereocenters. The first-order valence-electron chi connectivity index (χ1n) is 6.92. The Labute approximate surface area is 119 Å². The molecule has 1 aromatic rings. The van der Waals surface area contributed by atoms with Gasteiger partial charge in [-0.25, -0.2) is 4.79 Å². The topological polar surface area (TPSA) is 57.6 Å². The van der Waals surface area contributed by atoms with E-state index in [9.17, 15) is 14.7 Å². The van der Waals surface area contributed by atoms with E-state index in [4.69, 9.17) is 0 Å². The van der Waals surface area contributed by atoms with Gasteiger partial charge in [-0.3, -0.25) is 4.79 Å². The predicted molar refractivity (Wildman–Crippen MR) is 77.1 cm³/mol. The number of carbonyl (C=O) groups is 2. The van der Waals surface area contributed by atoms with Crippen LogP contribution in [0.15, 0.2) is 12.1 Å². The smallest absolute Gasteiger partial charge is 0.336 e. The zero-order valence-corrected chi connectivity index (χ0v) is 12.4. The predicted octanol–water partition coefficient (Wildman–Crippen LogP) is 2.73. The highest BCUT2D eigenvalue weighted by molar-refractivity contribution is 6.06. The minimum absolute atomic E-state index is 0.130. The molecule has 1 amide bonds. The molecule has 2 rings (SSSR count). The minimum Gasteiger partial charge on any atom is -0.478 e. The molecule has 0 aliphatic heterocycles. The molecule has 0 spiro atoms. The third kappa shape index (κ3) is 2.69. The van der Waals surface area contributed by atoms with Gasteiger partial charge in [-0.05, 0) is 43.2 Å². The average molecular weight is 275 g/mol. The summed E-state index contributed by atoms with van der Waals surface area (Å²) < 4.78 is 0. The quantitative estimate of drug-likeness (QED) is 0.919. The molecule has 0 heterocycles.